The van der Waals surface area contributed by atoms with Crippen molar-refractivity contribution in [2.45, 2.75) is 6.54 Å². The fourth-order valence-electron chi connectivity index (χ4n) is 2.96. The summed E-state index contributed by atoms with van der Waals surface area (Å²) < 4.78 is 33.6. The van der Waals surface area contributed by atoms with E-state index in [-0.39, 0.29) is 17.5 Å². The molecule has 0 spiro atoms. The molecule has 0 radical (unpaired) electrons. The van der Waals surface area contributed by atoms with Crippen LogP contribution in [0.4, 0.5) is 19.3 Å². The zero-order valence-electron chi connectivity index (χ0n) is 15.1. The summed E-state index contributed by atoms with van der Waals surface area (Å²) in [7, 11) is 0. The molecule has 0 saturated carbocycles. The average molecular weight is 398 g/mol. The van der Waals surface area contributed by atoms with Crippen molar-refractivity contribution in [1.29, 1.82) is 0 Å². The summed E-state index contributed by atoms with van der Waals surface area (Å²) in [4.78, 5) is 25.5. The van der Waals surface area contributed by atoms with Crippen LogP contribution in [0.2, 0.25) is 0 Å². The van der Waals surface area contributed by atoms with Gasteiger partial charge in [-0.1, -0.05) is 18.2 Å². The number of hydrogen-bond donors (Lipinski definition) is 1. The van der Waals surface area contributed by atoms with E-state index in [0.29, 0.717) is 25.4 Å². The Bertz CT molecular complexity index is 1050. The maximum absolute atomic E-state index is 13.9. The quantitative estimate of drug-likeness (QED) is 0.715. The lowest BCUT2D eigenvalue weighted by molar-refractivity contribution is 0.102. The normalized spacial score (nSPS) is 13.4. The third-order valence-corrected chi connectivity index (χ3v) is 4.42. The van der Waals surface area contributed by atoms with E-state index in [1.165, 1.54) is 18.3 Å². The summed E-state index contributed by atoms with van der Waals surface area (Å²) in [5.74, 6) is -2.08. The summed E-state index contributed by atoms with van der Waals surface area (Å²) in [6.45, 7) is 1.35. The summed E-state index contributed by atoms with van der Waals surface area (Å²) in [5.41, 5.74) is 1.07. The van der Waals surface area contributed by atoms with Crippen molar-refractivity contribution in [2.75, 3.05) is 18.5 Å². The molecule has 1 saturated heterocycles. The predicted molar refractivity (Wildman–Crippen MR) is 99.6 cm³/mol. The molecule has 0 atom stereocenters. The molecule has 0 unspecified atom stereocenters. The van der Waals surface area contributed by atoms with E-state index in [9.17, 15) is 18.4 Å². The fraction of sp³-hybridized carbons (Fsp3) is 0.150. The van der Waals surface area contributed by atoms with Crippen LogP contribution in [0.5, 0.6) is 0 Å². The van der Waals surface area contributed by atoms with E-state index in [4.69, 9.17) is 4.74 Å². The summed E-state index contributed by atoms with van der Waals surface area (Å²) in [6.07, 6.45) is 0.971. The first kappa shape index (κ1) is 18.6. The lowest BCUT2D eigenvalue weighted by atomic mass is 10.2. The van der Waals surface area contributed by atoms with E-state index in [1.54, 1.807) is 29.2 Å². The van der Waals surface area contributed by atoms with Gasteiger partial charge in [0, 0.05) is 18.4 Å². The predicted octanol–water partition coefficient (Wildman–Crippen LogP) is 3.36. The molecule has 7 nitrogen and oxygen atoms in total. The van der Waals surface area contributed by atoms with Gasteiger partial charge in [0.2, 0.25) is 0 Å². The maximum atomic E-state index is 13.9. The van der Waals surface area contributed by atoms with Crippen LogP contribution in [0.1, 0.15) is 16.1 Å². The number of para-hydroxylation sites is 1. The molecule has 2 aromatic carbocycles. The molecule has 3 aromatic rings. The summed E-state index contributed by atoms with van der Waals surface area (Å²) >= 11 is 0. The number of nitrogens with zero attached hydrogens (tertiary/aromatic N) is 3. The Kier molecular flexibility index (Phi) is 4.94. The van der Waals surface area contributed by atoms with Crippen LogP contribution in [0, 0.1) is 11.6 Å². The Morgan fingerprint density at radius 2 is 1.83 bits per heavy atom. The van der Waals surface area contributed by atoms with Crippen LogP contribution >= 0.6 is 0 Å². The van der Waals surface area contributed by atoms with Gasteiger partial charge < -0.3 is 15.0 Å². The molecule has 2 heterocycles. The Hall–Kier alpha value is -3.75. The van der Waals surface area contributed by atoms with Crippen molar-refractivity contribution in [2.24, 2.45) is 0 Å². The third kappa shape index (κ3) is 3.93. The maximum Gasteiger partial charge on any atom is 0.410 e. The van der Waals surface area contributed by atoms with Gasteiger partial charge in [0.25, 0.3) is 5.91 Å². The number of ether oxygens (including phenoxy) is 1. The fourth-order valence-corrected chi connectivity index (χ4v) is 2.96. The number of benzene rings is 2. The Balaban J connectivity index is 1.43. The van der Waals surface area contributed by atoms with E-state index in [1.807, 2.05) is 0 Å². The number of nitrogens with one attached hydrogen (secondary N) is 1. The number of carbonyl (C=O) groups excluding carboxylic acids is 2. The number of anilines is 1. The highest BCUT2D eigenvalue weighted by atomic mass is 19.1. The molecule has 1 aliphatic heterocycles. The number of rotatable bonds is 5. The van der Waals surface area contributed by atoms with Gasteiger partial charge in [-0.2, -0.15) is 5.10 Å². The minimum Gasteiger partial charge on any atom is -0.448 e. The van der Waals surface area contributed by atoms with E-state index < -0.39 is 17.5 Å². The van der Waals surface area contributed by atoms with Crippen LogP contribution in [0.25, 0.3) is 5.69 Å². The molecular formula is C20H16F2N4O3. The molecular weight excluding hydrogens is 382 g/mol. The number of cyclic esters (lactones) is 1. The topological polar surface area (TPSA) is 76.5 Å². The second-order valence-corrected chi connectivity index (χ2v) is 6.40. The van der Waals surface area contributed by atoms with Gasteiger partial charge in [-0.25, -0.2) is 18.3 Å². The summed E-state index contributed by atoms with van der Waals surface area (Å²) in [5, 5.41) is 6.63. The first-order chi connectivity index (χ1) is 14.0. The number of amides is 2. The molecule has 1 aliphatic rings. The molecule has 9 heteroatoms. The number of carbonyl (C=O) groups is 2. The number of halogens is 2. The van der Waals surface area contributed by atoms with Gasteiger partial charge in [0.05, 0.1) is 6.54 Å². The van der Waals surface area contributed by atoms with Gasteiger partial charge in [0.15, 0.2) is 17.3 Å². The van der Waals surface area contributed by atoms with E-state index in [0.717, 1.165) is 22.4 Å². The Morgan fingerprint density at radius 3 is 2.48 bits per heavy atom. The molecule has 1 aromatic heterocycles. The molecule has 29 heavy (non-hydrogen) atoms. The van der Waals surface area contributed by atoms with Crippen molar-refractivity contribution < 1.29 is 23.1 Å². The standard InChI is InChI=1S/C20H16F2N4O3/c21-15-2-1-3-16(22)18(15)26-9-8-17(24-26)19(27)23-14-6-4-13(5-7-14)12-25-10-11-29-20(25)28/h1-9H,10-12H2,(H,23,27). The van der Waals surface area contributed by atoms with Gasteiger partial charge in [-0.15, -0.1) is 0 Å². The van der Waals surface area contributed by atoms with Crippen molar-refractivity contribution in [3.05, 3.63) is 77.6 Å². The molecule has 0 aliphatic carbocycles. The van der Waals surface area contributed by atoms with E-state index in [2.05, 4.69) is 10.4 Å². The molecule has 0 bridgehead atoms. The van der Waals surface area contributed by atoms with Crippen LogP contribution in [0.3, 0.4) is 0 Å². The second-order valence-electron chi connectivity index (χ2n) is 6.40. The molecule has 2 amide bonds. The lowest BCUT2D eigenvalue weighted by Gasteiger charge is -2.12. The van der Waals surface area contributed by atoms with Crippen molar-refractivity contribution in [3.8, 4) is 5.69 Å². The van der Waals surface area contributed by atoms with Gasteiger partial charge in [0.1, 0.15) is 12.3 Å². The smallest absolute Gasteiger partial charge is 0.410 e. The largest absolute Gasteiger partial charge is 0.448 e. The minimum absolute atomic E-state index is 0.0107. The highest BCUT2D eigenvalue weighted by Gasteiger charge is 2.21. The first-order valence-electron chi connectivity index (χ1n) is 8.83. The monoisotopic (exact) mass is 398 g/mol. The van der Waals surface area contributed by atoms with Crippen molar-refractivity contribution >= 4 is 17.7 Å². The minimum atomic E-state index is -0.780. The van der Waals surface area contributed by atoms with Crippen LogP contribution in [-0.4, -0.2) is 39.8 Å². The number of aromatic nitrogens is 2. The zero-order chi connectivity index (χ0) is 20.4. The lowest BCUT2D eigenvalue weighted by Crippen LogP contribution is -2.23. The molecule has 1 N–H and O–H groups in total. The van der Waals surface area contributed by atoms with Crippen LogP contribution in [-0.2, 0) is 11.3 Å². The zero-order valence-corrected chi connectivity index (χ0v) is 15.1. The second kappa shape index (κ2) is 7.70. The van der Waals surface area contributed by atoms with Crippen LogP contribution < -0.4 is 5.32 Å². The number of hydrogen-bond acceptors (Lipinski definition) is 4. The summed E-state index contributed by atoms with van der Waals surface area (Å²) in [6, 6.07) is 11.8. The molecule has 148 valence electrons. The van der Waals surface area contributed by atoms with Crippen molar-refractivity contribution in [3.63, 3.8) is 0 Å². The molecule has 4 rings (SSSR count). The first-order valence-corrected chi connectivity index (χ1v) is 8.83. The van der Waals surface area contributed by atoms with Crippen LogP contribution in [0.15, 0.2) is 54.7 Å². The molecule has 1 fully saturated rings. The van der Waals surface area contributed by atoms with Gasteiger partial charge >= 0.3 is 6.09 Å². The van der Waals surface area contributed by atoms with Gasteiger partial charge in [-0.3, -0.25) is 4.79 Å². The highest BCUT2D eigenvalue weighted by Crippen LogP contribution is 2.18. The Labute approximate surface area is 164 Å². The average Bonchev–Trinajstić information content (AvgIpc) is 3.33. The Morgan fingerprint density at radius 1 is 1.10 bits per heavy atom. The van der Waals surface area contributed by atoms with E-state index >= 15 is 0 Å². The third-order valence-electron chi connectivity index (χ3n) is 4.42. The van der Waals surface area contributed by atoms with Crippen molar-refractivity contribution in [1.82, 2.24) is 14.7 Å². The highest BCUT2D eigenvalue weighted by molar-refractivity contribution is 6.02. The van der Waals surface area contributed by atoms with Gasteiger partial charge in [-0.05, 0) is 35.9 Å². The SMILES string of the molecule is O=C(Nc1ccc(CN2CCOC2=O)cc1)c1ccn(-c2c(F)cccc2F)n1.